The Labute approximate surface area is 143 Å². The number of tetrazole rings is 1. The Morgan fingerprint density at radius 1 is 1.20 bits per heavy atom. The Kier molecular flexibility index (Phi) is 3.88. The van der Waals surface area contributed by atoms with Crippen molar-refractivity contribution < 1.29 is 9.53 Å². The minimum Gasteiger partial charge on any atom is -0.481 e. The summed E-state index contributed by atoms with van der Waals surface area (Å²) in [5.74, 6) is 1.24. The predicted molar refractivity (Wildman–Crippen MR) is 88.4 cm³/mol. The van der Waals surface area contributed by atoms with Crippen LogP contribution < -0.4 is 9.64 Å². The summed E-state index contributed by atoms with van der Waals surface area (Å²) < 4.78 is 9.15. The summed E-state index contributed by atoms with van der Waals surface area (Å²) in [5.41, 5.74) is 0.822. The van der Waals surface area contributed by atoms with Gasteiger partial charge in [-0.3, -0.25) is 14.4 Å². The van der Waals surface area contributed by atoms with E-state index in [1.165, 1.54) is 6.33 Å². The van der Waals surface area contributed by atoms with Crippen molar-refractivity contribution in [2.75, 3.05) is 11.4 Å². The van der Waals surface area contributed by atoms with E-state index in [1.807, 2.05) is 43.6 Å². The van der Waals surface area contributed by atoms with E-state index in [2.05, 4.69) is 20.6 Å². The number of piperidine rings is 1. The van der Waals surface area contributed by atoms with Crippen LogP contribution in [0.5, 0.6) is 5.75 Å². The molecule has 2 aromatic heterocycles. The van der Waals surface area contributed by atoms with Crippen molar-refractivity contribution in [2.24, 2.45) is 7.05 Å². The second-order valence-electron chi connectivity index (χ2n) is 5.83. The average Bonchev–Trinajstić information content (AvgIpc) is 3.29. The van der Waals surface area contributed by atoms with Crippen molar-refractivity contribution in [3.05, 3.63) is 42.9 Å². The first kappa shape index (κ1) is 15.3. The number of aromatic nitrogens is 6. The van der Waals surface area contributed by atoms with E-state index in [0.29, 0.717) is 24.5 Å². The molecule has 1 aliphatic rings. The first-order valence-electron chi connectivity index (χ1n) is 8.02. The van der Waals surface area contributed by atoms with Gasteiger partial charge in [0.05, 0.1) is 5.69 Å². The van der Waals surface area contributed by atoms with Gasteiger partial charge in [-0.05, 0) is 47.5 Å². The van der Waals surface area contributed by atoms with Gasteiger partial charge in [-0.1, -0.05) is 0 Å². The molecule has 25 heavy (non-hydrogen) atoms. The lowest BCUT2D eigenvalue weighted by molar-refractivity contribution is -0.127. The molecule has 1 aliphatic heterocycles. The van der Waals surface area contributed by atoms with E-state index in [1.54, 1.807) is 14.3 Å². The Bertz CT molecular complexity index is 857. The van der Waals surface area contributed by atoms with E-state index in [-0.39, 0.29) is 5.91 Å². The molecule has 0 unspecified atom stereocenters. The van der Waals surface area contributed by atoms with Crippen LogP contribution in [0.25, 0.3) is 5.69 Å². The largest absolute Gasteiger partial charge is 0.481 e. The Hall–Kier alpha value is -3.23. The van der Waals surface area contributed by atoms with E-state index in [0.717, 1.165) is 12.1 Å². The molecule has 0 aliphatic carbocycles. The number of hydrogen-bond donors (Lipinski definition) is 0. The molecular weight excluding hydrogens is 322 g/mol. The van der Waals surface area contributed by atoms with Crippen LogP contribution >= 0.6 is 0 Å². The fraction of sp³-hybridized carbons (Fsp3) is 0.312. The average molecular weight is 339 g/mol. The molecule has 0 radical (unpaired) electrons. The molecule has 1 aromatic carbocycles. The number of carbonyl (C=O) groups excluding carboxylic acids is 1. The van der Waals surface area contributed by atoms with Crippen LogP contribution in [0, 0.1) is 0 Å². The van der Waals surface area contributed by atoms with E-state index >= 15 is 0 Å². The number of rotatable bonds is 4. The number of anilines is 1. The molecular formula is C16H17N7O2. The third-order valence-electron chi connectivity index (χ3n) is 4.09. The van der Waals surface area contributed by atoms with Gasteiger partial charge in [0, 0.05) is 25.9 Å². The Balaban J connectivity index is 1.47. The number of benzene rings is 1. The summed E-state index contributed by atoms with van der Waals surface area (Å²) in [4.78, 5) is 14.4. The van der Waals surface area contributed by atoms with Crippen molar-refractivity contribution in [3.63, 3.8) is 0 Å². The zero-order chi connectivity index (χ0) is 17.2. The van der Waals surface area contributed by atoms with Crippen molar-refractivity contribution >= 4 is 11.7 Å². The minimum absolute atomic E-state index is 0.0606. The fourth-order valence-corrected chi connectivity index (χ4v) is 2.85. The number of nitrogens with zero attached hydrogens (tertiary/aromatic N) is 7. The normalized spacial score (nSPS) is 17.7. The zero-order valence-electron chi connectivity index (χ0n) is 13.7. The van der Waals surface area contributed by atoms with Crippen LogP contribution in [0.2, 0.25) is 0 Å². The highest BCUT2D eigenvalue weighted by molar-refractivity contribution is 5.96. The lowest BCUT2D eigenvalue weighted by Crippen LogP contribution is -2.47. The molecule has 3 heterocycles. The zero-order valence-corrected chi connectivity index (χ0v) is 13.7. The molecule has 9 nitrogen and oxygen atoms in total. The highest BCUT2D eigenvalue weighted by Gasteiger charge is 2.32. The smallest absolute Gasteiger partial charge is 0.269 e. The highest BCUT2D eigenvalue weighted by Crippen LogP contribution is 2.23. The third-order valence-corrected chi connectivity index (χ3v) is 4.09. The number of hydrogen-bond acceptors (Lipinski definition) is 6. The number of aryl methyl sites for hydroxylation is 1. The van der Waals surface area contributed by atoms with Crippen molar-refractivity contribution in [3.8, 4) is 11.4 Å². The summed E-state index contributed by atoms with van der Waals surface area (Å²) in [7, 11) is 1.83. The molecule has 1 atom stereocenters. The topological polar surface area (TPSA) is 91.0 Å². The van der Waals surface area contributed by atoms with Gasteiger partial charge >= 0.3 is 0 Å². The van der Waals surface area contributed by atoms with Crippen molar-refractivity contribution in [1.82, 2.24) is 30.0 Å². The van der Waals surface area contributed by atoms with Crippen LogP contribution in [0.1, 0.15) is 12.8 Å². The molecule has 0 spiro atoms. The summed E-state index contributed by atoms with van der Waals surface area (Å²) in [6, 6.07) is 9.14. The van der Waals surface area contributed by atoms with Gasteiger partial charge in [-0.15, -0.1) is 5.10 Å². The van der Waals surface area contributed by atoms with Crippen LogP contribution in [0.4, 0.5) is 5.82 Å². The molecule has 1 fully saturated rings. The highest BCUT2D eigenvalue weighted by atomic mass is 16.5. The standard InChI is InChI=1S/C16H17N7O2/c1-21-10-8-15(18-21)22-9-2-3-14(16(22)24)25-13-6-4-12(5-7-13)23-11-17-19-20-23/h4-8,10-11,14H,2-3,9H2,1H3/t14-/m0/s1. The van der Waals surface area contributed by atoms with Gasteiger partial charge in [0.2, 0.25) is 0 Å². The Morgan fingerprint density at radius 2 is 2.04 bits per heavy atom. The monoisotopic (exact) mass is 339 g/mol. The Morgan fingerprint density at radius 3 is 2.72 bits per heavy atom. The molecule has 1 saturated heterocycles. The molecule has 4 rings (SSSR count). The molecule has 0 saturated carbocycles. The molecule has 3 aromatic rings. The summed E-state index contributed by atoms with van der Waals surface area (Å²) in [6.07, 6.45) is 4.40. The van der Waals surface area contributed by atoms with Crippen LogP contribution in [-0.2, 0) is 11.8 Å². The lowest BCUT2D eigenvalue weighted by atomic mass is 10.1. The van der Waals surface area contributed by atoms with Gasteiger partial charge < -0.3 is 4.74 Å². The van der Waals surface area contributed by atoms with Gasteiger partial charge in [-0.25, -0.2) is 4.68 Å². The first-order chi connectivity index (χ1) is 12.2. The van der Waals surface area contributed by atoms with Crippen molar-refractivity contribution in [1.29, 1.82) is 0 Å². The maximum atomic E-state index is 12.7. The molecule has 0 N–H and O–H groups in total. The first-order valence-corrected chi connectivity index (χ1v) is 8.02. The third kappa shape index (κ3) is 3.08. The van der Waals surface area contributed by atoms with E-state index < -0.39 is 6.10 Å². The van der Waals surface area contributed by atoms with Crippen LogP contribution in [0.15, 0.2) is 42.9 Å². The van der Waals surface area contributed by atoms with Gasteiger partial charge in [0.15, 0.2) is 11.9 Å². The molecule has 0 bridgehead atoms. The van der Waals surface area contributed by atoms with Gasteiger partial charge in [0.25, 0.3) is 5.91 Å². The lowest BCUT2D eigenvalue weighted by Gasteiger charge is -2.30. The summed E-state index contributed by atoms with van der Waals surface area (Å²) >= 11 is 0. The summed E-state index contributed by atoms with van der Waals surface area (Å²) in [5, 5.41) is 15.4. The molecule has 128 valence electrons. The van der Waals surface area contributed by atoms with E-state index in [9.17, 15) is 4.79 Å². The van der Waals surface area contributed by atoms with Crippen molar-refractivity contribution in [2.45, 2.75) is 18.9 Å². The number of amides is 1. The minimum atomic E-state index is -0.505. The predicted octanol–water partition coefficient (Wildman–Crippen LogP) is 0.970. The molecule has 9 heteroatoms. The van der Waals surface area contributed by atoms with Crippen LogP contribution in [-0.4, -0.2) is 48.5 Å². The van der Waals surface area contributed by atoms with Gasteiger partial charge in [0.1, 0.15) is 12.1 Å². The quantitative estimate of drug-likeness (QED) is 0.703. The number of carbonyl (C=O) groups is 1. The van der Waals surface area contributed by atoms with E-state index in [4.69, 9.17) is 4.74 Å². The maximum absolute atomic E-state index is 12.7. The number of ether oxygens (including phenoxy) is 1. The SMILES string of the molecule is Cn1ccc(N2CCC[C@H](Oc3ccc(-n4cnnn4)cc3)C2=O)n1. The maximum Gasteiger partial charge on any atom is 0.269 e. The summed E-state index contributed by atoms with van der Waals surface area (Å²) in [6.45, 7) is 0.661. The molecule has 1 amide bonds. The second-order valence-corrected chi connectivity index (χ2v) is 5.83. The van der Waals surface area contributed by atoms with Crippen LogP contribution in [0.3, 0.4) is 0 Å². The second kappa shape index (κ2) is 6.34. The fourth-order valence-electron chi connectivity index (χ4n) is 2.85. The van der Waals surface area contributed by atoms with Gasteiger partial charge in [-0.2, -0.15) is 5.10 Å².